The van der Waals surface area contributed by atoms with Crippen molar-refractivity contribution in [2.75, 3.05) is 0 Å². The topological polar surface area (TPSA) is 0 Å². The highest BCUT2D eigenvalue weighted by Gasteiger charge is 2.32. The van der Waals surface area contributed by atoms with Gasteiger partial charge in [0.05, 0.1) is 0 Å². The smallest absolute Gasteiger partial charge is 0.0383 e. The Balaban J connectivity index is 0.000000461. The highest BCUT2D eigenvalue weighted by Crippen LogP contribution is 2.44. The lowest BCUT2D eigenvalue weighted by Crippen LogP contribution is -2.29. The highest BCUT2D eigenvalue weighted by molar-refractivity contribution is 4.83. The molecule has 0 saturated heterocycles. The summed E-state index contributed by atoms with van der Waals surface area (Å²) < 4.78 is 0. The molecule has 0 amide bonds. The van der Waals surface area contributed by atoms with Gasteiger partial charge < -0.3 is 0 Å². The van der Waals surface area contributed by atoms with Crippen molar-refractivity contribution in [3.8, 4) is 0 Å². The van der Waals surface area contributed by atoms with Crippen molar-refractivity contribution < 1.29 is 0 Å². The van der Waals surface area contributed by atoms with Crippen LogP contribution in [0.1, 0.15) is 66.2 Å². The Labute approximate surface area is 90.5 Å². The van der Waals surface area contributed by atoms with E-state index >= 15 is 0 Å². The number of hydrogen-bond donors (Lipinski definition) is 0. The van der Waals surface area contributed by atoms with Gasteiger partial charge in [0.1, 0.15) is 0 Å². The third-order valence-corrected chi connectivity index (χ3v) is 4.14. The molecule has 2 rings (SSSR count). The van der Waals surface area contributed by atoms with Gasteiger partial charge >= 0.3 is 0 Å². The molecule has 0 heteroatoms. The second-order valence-corrected chi connectivity index (χ2v) is 5.36. The van der Waals surface area contributed by atoms with Crippen LogP contribution in [0.15, 0.2) is 0 Å². The van der Waals surface area contributed by atoms with Crippen molar-refractivity contribution in [3.05, 3.63) is 0 Å². The molecule has 0 aromatic rings. The van der Waals surface area contributed by atoms with Gasteiger partial charge in [-0.3, -0.25) is 0 Å². The van der Waals surface area contributed by atoms with Crippen molar-refractivity contribution in [1.29, 1.82) is 0 Å². The average molecular weight is 196 g/mol. The third-order valence-electron chi connectivity index (χ3n) is 4.14. The van der Waals surface area contributed by atoms with Gasteiger partial charge in [0.2, 0.25) is 0 Å². The van der Waals surface area contributed by atoms with Gasteiger partial charge in [-0.15, -0.1) is 0 Å². The van der Waals surface area contributed by atoms with Crippen LogP contribution >= 0.6 is 0 Å². The molecule has 0 aromatic heterocycles. The van der Waals surface area contributed by atoms with E-state index in [1.807, 2.05) is 13.8 Å². The van der Waals surface area contributed by atoms with Crippen LogP contribution in [0.25, 0.3) is 0 Å². The first-order valence-corrected chi connectivity index (χ1v) is 6.75. The molecule has 84 valence electrons. The van der Waals surface area contributed by atoms with Crippen LogP contribution in [0.4, 0.5) is 0 Å². The zero-order valence-electron chi connectivity index (χ0n) is 10.6. The lowest BCUT2D eigenvalue weighted by molar-refractivity contribution is 0.109. The van der Waals surface area contributed by atoms with Crippen molar-refractivity contribution in [3.63, 3.8) is 0 Å². The van der Waals surface area contributed by atoms with Crippen LogP contribution in [0.3, 0.4) is 0 Å². The van der Waals surface area contributed by atoms with Crippen molar-refractivity contribution in [2.24, 2.45) is 23.7 Å². The SMILES string of the molecule is CC.CC1CCC2CC(C)CCC2C1. The largest absolute Gasteiger partial charge is 0.0683 e. The van der Waals surface area contributed by atoms with E-state index in [2.05, 4.69) is 13.8 Å². The molecular weight excluding hydrogens is 168 g/mol. The van der Waals surface area contributed by atoms with Crippen LogP contribution < -0.4 is 0 Å². The van der Waals surface area contributed by atoms with E-state index in [1.54, 1.807) is 0 Å². The summed E-state index contributed by atoms with van der Waals surface area (Å²) in [5.74, 6) is 4.29. The molecule has 2 aliphatic rings. The Morgan fingerprint density at radius 3 is 1.36 bits per heavy atom. The lowest BCUT2D eigenvalue weighted by atomic mass is 9.65. The summed E-state index contributed by atoms with van der Waals surface area (Å²) in [6.07, 6.45) is 9.17. The summed E-state index contributed by atoms with van der Waals surface area (Å²) in [6, 6.07) is 0. The molecule has 0 spiro atoms. The van der Waals surface area contributed by atoms with Gasteiger partial charge in [-0.05, 0) is 49.4 Å². The van der Waals surface area contributed by atoms with E-state index in [4.69, 9.17) is 0 Å². The Bertz CT molecular complexity index is 132. The second-order valence-electron chi connectivity index (χ2n) is 5.36. The van der Waals surface area contributed by atoms with E-state index in [-0.39, 0.29) is 0 Å². The molecule has 2 fully saturated rings. The van der Waals surface area contributed by atoms with E-state index in [0.29, 0.717) is 0 Å². The normalized spacial score (nSPS) is 42.0. The minimum atomic E-state index is 1.03. The van der Waals surface area contributed by atoms with E-state index in [1.165, 1.54) is 38.5 Å². The Morgan fingerprint density at radius 1 is 0.643 bits per heavy atom. The fraction of sp³-hybridized carbons (Fsp3) is 1.00. The van der Waals surface area contributed by atoms with E-state index < -0.39 is 0 Å². The summed E-state index contributed by atoms with van der Waals surface area (Å²) in [5, 5.41) is 0. The minimum absolute atomic E-state index is 1.03. The summed E-state index contributed by atoms with van der Waals surface area (Å²) in [6.45, 7) is 8.88. The first kappa shape index (κ1) is 12.1. The van der Waals surface area contributed by atoms with Gasteiger partial charge in [0.25, 0.3) is 0 Å². The number of hydrogen-bond acceptors (Lipinski definition) is 0. The van der Waals surface area contributed by atoms with Gasteiger partial charge in [-0.1, -0.05) is 40.5 Å². The van der Waals surface area contributed by atoms with Gasteiger partial charge in [0, 0.05) is 0 Å². The zero-order chi connectivity index (χ0) is 10.6. The fourth-order valence-corrected chi connectivity index (χ4v) is 3.36. The van der Waals surface area contributed by atoms with Crippen LogP contribution in [-0.4, -0.2) is 0 Å². The van der Waals surface area contributed by atoms with E-state index in [0.717, 1.165) is 23.7 Å². The lowest BCUT2D eigenvalue weighted by Gasteiger charge is -2.40. The molecular formula is C14H28. The molecule has 2 aliphatic carbocycles. The van der Waals surface area contributed by atoms with Gasteiger partial charge in [-0.2, -0.15) is 0 Å². The summed E-state index contributed by atoms with van der Waals surface area (Å²) in [4.78, 5) is 0. The predicted octanol–water partition coefficient (Wildman–Crippen LogP) is 4.89. The van der Waals surface area contributed by atoms with Gasteiger partial charge in [-0.25, -0.2) is 0 Å². The second kappa shape index (κ2) is 5.78. The minimum Gasteiger partial charge on any atom is -0.0683 e. The molecule has 0 aliphatic heterocycles. The summed E-state index contributed by atoms with van der Waals surface area (Å²) in [7, 11) is 0. The molecule has 4 unspecified atom stereocenters. The molecule has 4 atom stereocenters. The number of rotatable bonds is 0. The van der Waals surface area contributed by atoms with Crippen molar-refractivity contribution in [1.82, 2.24) is 0 Å². The summed E-state index contributed by atoms with van der Waals surface area (Å²) in [5.41, 5.74) is 0. The Morgan fingerprint density at radius 2 is 1.00 bits per heavy atom. The highest BCUT2D eigenvalue weighted by atomic mass is 14.4. The van der Waals surface area contributed by atoms with Crippen LogP contribution in [0.2, 0.25) is 0 Å². The predicted molar refractivity (Wildman–Crippen MR) is 64.4 cm³/mol. The van der Waals surface area contributed by atoms with Crippen molar-refractivity contribution >= 4 is 0 Å². The zero-order valence-corrected chi connectivity index (χ0v) is 10.6. The molecule has 0 aromatic carbocycles. The molecule has 0 radical (unpaired) electrons. The average Bonchev–Trinajstić information content (AvgIpc) is 2.21. The Kier molecular flexibility index (Phi) is 4.98. The molecule has 0 nitrogen and oxygen atoms in total. The molecule has 0 heterocycles. The monoisotopic (exact) mass is 196 g/mol. The third kappa shape index (κ3) is 3.00. The Hall–Kier alpha value is 0. The first-order valence-electron chi connectivity index (χ1n) is 6.75. The molecule has 2 saturated carbocycles. The molecule has 0 N–H and O–H groups in total. The maximum atomic E-state index is 2.44. The van der Waals surface area contributed by atoms with Gasteiger partial charge in [0.15, 0.2) is 0 Å². The quantitative estimate of drug-likeness (QED) is 0.518. The maximum absolute atomic E-state index is 2.44. The first-order chi connectivity index (χ1) is 6.75. The van der Waals surface area contributed by atoms with E-state index in [9.17, 15) is 0 Å². The van der Waals surface area contributed by atoms with Crippen LogP contribution in [0, 0.1) is 23.7 Å². The number of fused-ring (bicyclic) bond motifs is 1. The molecule has 14 heavy (non-hydrogen) atoms. The van der Waals surface area contributed by atoms with Crippen LogP contribution in [-0.2, 0) is 0 Å². The fourth-order valence-electron chi connectivity index (χ4n) is 3.36. The maximum Gasteiger partial charge on any atom is -0.0383 e. The summed E-state index contributed by atoms with van der Waals surface area (Å²) >= 11 is 0. The standard InChI is InChI=1S/C12H22.C2H6/c1-9-3-5-12-8-10(2)4-6-11(12)7-9;1-2/h9-12H,3-8H2,1-2H3;1-2H3. The van der Waals surface area contributed by atoms with Crippen LogP contribution in [0.5, 0.6) is 0 Å². The van der Waals surface area contributed by atoms with Crippen molar-refractivity contribution in [2.45, 2.75) is 66.2 Å². The molecule has 0 bridgehead atoms.